The summed E-state index contributed by atoms with van der Waals surface area (Å²) in [6, 6.07) is 5.63. The minimum absolute atomic E-state index is 0.0213. The minimum Gasteiger partial charge on any atom is -0.347 e. The molecule has 1 fully saturated rings. The maximum Gasteiger partial charge on any atom is 0.251 e. The Kier molecular flexibility index (Phi) is 4.46. The Bertz CT molecular complexity index is 557. The molecule has 106 valence electrons. The molecule has 0 saturated heterocycles. The molecule has 1 aromatic rings. The van der Waals surface area contributed by atoms with Gasteiger partial charge in [0.25, 0.3) is 5.91 Å². The fraction of sp³-hybridized carbons (Fsp3) is 0.471. The Labute approximate surface area is 120 Å². The zero-order chi connectivity index (χ0) is 14.6. The molecule has 3 heteroatoms. The lowest BCUT2D eigenvalue weighted by molar-refractivity contribution is 0.0820. The molecule has 0 spiro atoms. The largest absolute Gasteiger partial charge is 0.347 e. The fourth-order valence-electron chi connectivity index (χ4n) is 2.57. The number of hydrogen-bond donors (Lipinski definition) is 2. The average molecular weight is 270 g/mol. The van der Waals surface area contributed by atoms with E-state index in [1.54, 1.807) is 0 Å². The van der Waals surface area contributed by atoms with Crippen molar-refractivity contribution in [2.24, 2.45) is 5.73 Å². The predicted octanol–water partition coefficient (Wildman–Crippen LogP) is 2.37. The van der Waals surface area contributed by atoms with E-state index in [4.69, 9.17) is 5.73 Å². The Hall–Kier alpha value is -1.79. The SMILES string of the molecule is CCC1(NC(=O)c2ccc(C#CCN)c(C)c2)CCC1. The van der Waals surface area contributed by atoms with Crippen molar-refractivity contribution in [2.75, 3.05) is 6.54 Å². The van der Waals surface area contributed by atoms with Crippen LogP contribution in [0.1, 0.15) is 54.1 Å². The van der Waals surface area contributed by atoms with Crippen LogP contribution in [0.5, 0.6) is 0 Å². The number of aryl methyl sites for hydroxylation is 1. The molecule has 1 aromatic carbocycles. The molecule has 0 radical (unpaired) electrons. The molecule has 3 N–H and O–H groups in total. The number of nitrogens with one attached hydrogen (secondary N) is 1. The van der Waals surface area contributed by atoms with Crippen molar-refractivity contribution in [2.45, 2.75) is 45.1 Å². The summed E-state index contributed by atoms with van der Waals surface area (Å²) >= 11 is 0. The van der Waals surface area contributed by atoms with Gasteiger partial charge >= 0.3 is 0 Å². The molecular weight excluding hydrogens is 248 g/mol. The third-order valence-electron chi connectivity index (χ3n) is 4.18. The van der Waals surface area contributed by atoms with Gasteiger partial charge in [-0.25, -0.2) is 0 Å². The molecule has 20 heavy (non-hydrogen) atoms. The van der Waals surface area contributed by atoms with E-state index in [9.17, 15) is 4.79 Å². The van der Waals surface area contributed by atoms with E-state index in [1.807, 2.05) is 25.1 Å². The molecule has 0 heterocycles. The van der Waals surface area contributed by atoms with Crippen LogP contribution in [0, 0.1) is 18.8 Å². The van der Waals surface area contributed by atoms with Crippen molar-refractivity contribution in [3.8, 4) is 11.8 Å². The number of benzene rings is 1. The van der Waals surface area contributed by atoms with Crippen molar-refractivity contribution >= 4 is 5.91 Å². The van der Waals surface area contributed by atoms with Crippen LogP contribution in [0.2, 0.25) is 0 Å². The van der Waals surface area contributed by atoms with Gasteiger partial charge in [0.1, 0.15) is 0 Å². The van der Waals surface area contributed by atoms with Gasteiger partial charge in [-0.2, -0.15) is 0 Å². The van der Waals surface area contributed by atoms with E-state index in [0.717, 1.165) is 30.4 Å². The van der Waals surface area contributed by atoms with E-state index >= 15 is 0 Å². The van der Waals surface area contributed by atoms with Gasteiger partial charge < -0.3 is 11.1 Å². The van der Waals surface area contributed by atoms with Gasteiger partial charge in [0.2, 0.25) is 0 Å². The average Bonchev–Trinajstić information content (AvgIpc) is 2.41. The molecule has 0 unspecified atom stereocenters. The van der Waals surface area contributed by atoms with Crippen LogP contribution in [0.3, 0.4) is 0 Å². The first kappa shape index (κ1) is 14.6. The highest BCUT2D eigenvalue weighted by Gasteiger charge is 2.36. The van der Waals surface area contributed by atoms with E-state index in [-0.39, 0.29) is 11.4 Å². The van der Waals surface area contributed by atoms with Crippen molar-refractivity contribution in [3.05, 3.63) is 34.9 Å². The number of amides is 1. The first-order valence-electron chi connectivity index (χ1n) is 7.22. The van der Waals surface area contributed by atoms with Gasteiger partial charge in [-0.1, -0.05) is 18.8 Å². The van der Waals surface area contributed by atoms with Crippen molar-refractivity contribution < 1.29 is 4.79 Å². The van der Waals surface area contributed by atoms with Crippen molar-refractivity contribution in [1.82, 2.24) is 5.32 Å². The summed E-state index contributed by atoms with van der Waals surface area (Å²) in [6.45, 7) is 4.45. The minimum atomic E-state index is 0.0213. The monoisotopic (exact) mass is 270 g/mol. The number of hydrogen-bond acceptors (Lipinski definition) is 2. The lowest BCUT2D eigenvalue weighted by atomic mass is 9.74. The molecule has 1 aliphatic carbocycles. The highest BCUT2D eigenvalue weighted by molar-refractivity contribution is 5.95. The second-order valence-electron chi connectivity index (χ2n) is 5.48. The molecule has 0 bridgehead atoms. The summed E-state index contributed by atoms with van der Waals surface area (Å²) in [7, 11) is 0. The van der Waals surface area contributed by atoms with Crippen LogP contribution in [-0.2, 0) is 0 Å². The summed E-state index contributed by atoms with van der Waals surface area (Å²) < 4.78 is 0. The Morgan fingerprint density at radius 3 is 2.70 bits per heavy atom. The first-order chi connectivity index (χ1) is 9.60. The van der Waals surface area contributed by atoms with Crippen LogP contribution in [0.25, 0.3) is 0 Å². The highest BCUT2D eigenvalue weighted by atomic mass is 16.1. The van der Waals surface area contributed by atoms with E-state index in [2.05, 4.69) is 24.1 Å². The Balaban J connectivity index is 2.13. The predicted molar refractivity (Wildman–Crippen MR) is 81.5 cm³/mol. The van der Waals surface area contributed by atoms with Crippen LogP contribution in [-0.4, -0.2) is 18.0 Å². The lowest BCUT2D eigenvalue weighted by Crippen LogP contribution is -2.52. The Morgan fingerprint density at radius 1 is 1.45 bits per heavy atom. The topological polar surface area (TPSA) is 55.1 Å². The summed E-state index contributed by atoms with van der Waals surface area (Å²) in [6.07, 6.45) is 4.39. The van der Waals surface area contributed by atoms with E-state index in [0.29, 0.717) is 12.1 Å². The maximum atomic E-state index is 12.3. The van der Waals surface area contributed by atoms with Crippen molar-refractivity contribution in [1.29, 1.82) is 0 Å². The van der Waals surface area contributed by atoms with Crippen molar-refractivity contribution in [3.63, 3.8) is 0 Å². The summed E-state index contributed by atoms with van der Waals surface area (Å²) in [4.78, 5) is 12.3. The molecule has 0 aliphatic heterocycles. The summed E-state index contributed by atoms with van der Waals surface area (Å²) in [5.74, 6) is 5.87. The molecule has 1 aliphatic rings. The molecule has 0 aromatic heterocycles. The van der Waals surface area contributed by atoms with Crippen LogP contribution < -0.4 is 11.1 Å². The smallest absolute Gasteiger partial charge is 0.251 e. The molecule has 1 saturated carbocycles. The summed E-state index contributed by atoms with van der Waals surface area (Å²) in [5.41, 5.74) is 8.06. The summed E-state index contributed by atoms with van der Waals surface area (Å²) in [5, 5.41) is 3.19. The van der Waals surface area contributed by atoms with Gasteiger partial charge in [0, 0.05) is 16.7 Å². The highest BCUT2D eigenvalue weighted by Crippen LogP contribution is 2.34. The first-order valence-corrected chi connectivity index (χ1v) is 7.22. The van der Waals surface area contributed by atoms with Gasteiger partial charge in [0.05, 0.1) is 6.54 Å². The molecule has 2 rings (SSSR count). The molecule has 0 atom stereocenters. The maximum absolute atomic E-state index is 12.3. The second-order valence-corrected chi connectivity index (χ2v) is 5.48. The van der Waals surface area contributed by atoms with E-state index in [1.165, 1.54) is 6.42 Å². The third-order valence-corrected chi connectivity index (χ3v) is 4.18. The van der Waals surface area contributed by atoms with Gasteiger partial charge in [-0.15, -0.1) is 0 Å². The molecule has 3 nitrogen and oxygen atoms in total. The zero-order valence-corrected chi connectivity index (χ0v) is 12.3. The Morgan fingerprint density at radius 2 is 2.20 bits per heavy atom. The van der Waals surface area contributed by atoms with Gasteiger partial charge in [0.15, 0.2) is 0 Å². The number of carbonyl (C=O) groups is 1. The van der Waals surface area contributed by atoms with Crippen LogP contribution >= 0.6 is 0 Å². The normalized spacial score (nSPS) is 15.8. The van der Waals surface area contributed by atoms with Gasteiger partial charge in [-0.05, 0) is 56.4 Å². The number of nitrogens with two attached hydrogens (primary N) is 1. The second kappa shape index (κ2) is 6.11. The number of rotatable bonds is 3. The third kappa shape index (κ3) is 3.02. The fourth-order valence-corrected chi connectivity index (χ4v) is 2.57. The molecular formula is C17H22N2O. The van der Waals surface area contributed by atoms with Gasteiger partial charge in [-0.3, -0.25) is 4.79 Å². The quantitative estimate of drug-likeness (QED) is 0.828. The van der Waals surface area contributed by atoms with Crippen LogP contribution in [0.15, 0.2) is 18.2 Å². The zero-order valence-electron chi connectivity index (χ0n) is 12.3. The number of carbonyl (C=O) groups excluding carboxylic acids is 1. The van der Waals surface area contributed by atoms with E-state index < -0.39 is 0 Å². The molecule has 1 amide bonds. The standard InChI is InChI=1S/C17H22N2O/c1-3-17(9-5-10-17)19-16(20)15-8-7-14(6-4-11-18)13(2)12-15/h7-8,12H,3,5,9-11,18H2,1-2H3,(H,19,20). The van der Waals surface area contributed by atoms with Crippen LogP contribution in [0.4, 0.5) is 0 Å². The lowest BCUT2D eigenvalue weighted by Gasteiger charge is -2.42.